The maximum Gasteiger partial charge on any atom is 0.194 e. The molecule has 5 nitrogen and oxygen atoms in total. The molecule has 132 valence electrons. The summed E-state index contributed by atoms with van der Waals surface area (Å²) in [6.45, 7) is 10.4. The van der Waals surface area contributed by atoms with E-state index in [-0.39, 0.29) is 29.7 Å². The smallest absolute Gasteiger partial charge is 0.194 e. The van der Waals surface area contributed by atoms with Crippen LogP contribution in [0.4, 0.5) is 0 Å². The Morgan fingerprint density at radius 2 is 1.75 bits per heavy atom. The van der Waals surface area contributed by atoms with Crippen molar-refractivity contribution >= 4 is 34.9 Å². The molecule has 0 N–H and O–H groups in total. The van der Waals surface area contributed by atoms with Gasteiger partial charge in [-0.15, -0.1) is 12.4 Å². The summed E-state index contributed by atoms with van der Waals surface area (Å²) in [5.41, 5.74) is 1.06. The monoisotopic (exact) mass is 353 g/mol. The fraction of sp³-hybridized carbons (Fsp3) is 0.444. The zero-order valence-electron chi connectivity index (χ0n) is 14.5. The number of nitrogens with zero attached hydrogens (tertiary/aromatic N) is 1. The minimum atomic E-state index is -0.144. The standard InChI is InChI=1S/C18H23NO4.ClH/c1-5-19(6-2)7-8-22-18-11-17-14(9-15(18)12(3)20)10-16(23-17)13(4)21;/h9-11H,5-8H2,1-4H3;1H. The van der Waals surface area contributed by atoms with Crippen LogP contribution in [0.15, 0.2) is 22.6 Å². The van der Waals surface area contributed by atoms with Crippen LogP contribution in [0.2, 0.25) is 0 Å². The average Bonchev–Trinajstić information content (AvgIpc) is 2.93. The predicted molar refractivity (Wildman–Crippen MR) is 96.8 cm³/mol. The molecule has 0 bridgehead atoms. The molecule has 0 fully saturated rings. The van der Waals surface area contributed by atoms with Gasteiger partial charge < -0.3 is 14.1 Å². The second-order valence-electron chi connectivity index (χ2n) is 5.48. The number of Topliss-reactive ketones (excluding diaryl/α,β-unsaturated/α-hetero) is 2. The van der Waals surface area contributed by atoms with Crippen molar-refractivity contribution < 1.29 is 18.7 Å². The van der Waals surface area contributed by atoms with Gasteiger partial charge in [0.15, 0.2) is 17.3 Å². The van der Waals surface area contributed by atoms with E-state index in [4.69, 9.17) is 9.15 Å². The second-order valence-corrected chi connectivity index (χ2v) is 5.48. The van der Waals surface area contributed by atoms with Crippen molar-refractivity contribution in [1.29, 1.82) is 0 Å². The van der Waals surface area contributed by atoms with Gasteiger partial charge in [0.05, 0.1) is 5.56 Å². The van der Waals surface area contributed by atoms with E-state index in [0.717, 1.165) is 25.0 Å². The lowest BCUT2D eigenvalue weighted by Gasteiger charge is -2.18. The number of benzene rings is 1. The number of ether oxygens (including phenoxy) is 1. The lowest BCUT2D eigenvalue weighted by molar-refractivity contribution is 0.0986. The number of rotatable bonds is 8. The summed E-state index contributed by atoms with van der Waals surface area (Å²) in [6.07, 6.45) is 0. The zero-order valence-corrected chi connectivity index (χ0v) is 15.4. The Balaban J connectivity index is 0.00000288. The van der Waals surface area contributed by atoms with Crippen molar-refractivity contribution in [2.24, 2.45) is 0 Å². The Hall–Kier alpha value is -1.85. The molecule has 0 spiro atoms. The van der Waals surface area contributed by atoms with Gasteiger partial charge in [0.1, 0.15) is 17.9 Å². The number of hydrogen-bond acceptors (Lipinski definition) is 5. The summed E-state index contributed by atoms with van der Waals surface area (Å²) in [5.74, 6) is 0.571. The largest absolute Gasteiger partial charge is 0.491 e. The number of likely N-dealkylation sites (N-methyl/N-ethyl adjacent to an activating group) is 1. The van der Waals surface area contributed by atoms with Crippen LogP contribution >= 0.6 is 12.4 Å². The van der Waals surface area contributed by atoms with Crippen LogP contribution in [0.1, 0.15) is 48.6 Å². The van der Waals surface area contributed by atoms with E-state index >= 15 is 0 Å². The van der Waals surface area contributed by atoms with Crippen molar-refractivity contribution in [3.8, 4) is 5.75 Å². The zero-order chi connectivity index (χ0) is 17.0. The first-order valence-corrected chi connectivity index (χ1v) is 7.90. The van der Waals surface area contributed by atoms with Gasteiger partial charge in [0.2, 0.25) is 0 Å². The summed E-state index contributed by atoms with van der Waals surface area (Å²) in [4.78, 5) is 25.5. The molecule has 0 unspecified atom stereocenters. The third kappa shape index (κ3) is 4.58. The van der Waals surface area contributed by atoms with Gasteiger partial charge in [0, 0.05) is 24.9 Å². The molecule has 0 atom stereocenters. The maximum atomic E-state index is 11.9. The highest BCUT2D eigenvalue weighted by Crippen LogP contribution is 2.29. The number of furan rings is 1. The normalized spacial score (nSPS) is 10.7. The van der Waals surface area contributed by atoms with Crippen molar-refractivity contribution in [3.05, 3.63) is 29.5 Å². The molecule has 0 aliphatic carbocycles. The predicted octanol–water partition coefficient (Wildman–Crippen LogP) is 3.98. The Morgan fingerprint density at radius 3 is 2.29 bits per heavy atom. The van der Waals surface area contributed by atoms with E-state index in [2.05, 4.69) is 18.7 Å². The van der Waals surface area contributed by atoms with Gasteiger partial charge in [-0.25, -0.2) is 0 Å². The van der Waals surface area contributed by atoms with Crippen LogP contribution in [0.5, 0.6) is 5.75 Å². The summed E-state index contributed by atoms with van der Waals surface area (Å²) in [7, 11) is 0. The van der Waals surface area contributed by atoms with Gasteiger partial charge in [0.25, 0.3) is 0 Å². The first-order chi connectivity index (χ1) is 11.0. The molecule has 1 aromatic carbocycles. The van der Waals surface area contributed by atoms with Crippen LogP contribution < -0.4 is 4.74 Å². The van der Waals surface area contributed by atoms with Gasteiger partial charge in [-0.05, 0) is 32.1 Å². The third-order valence-electron chi connectivity index (χ3n) is 3.90. The molecule has 0 radical (unpaired) electrons. The molecule has 0 saturated heterocycles. The van der Waals surface area contributed by atoms with E-state index in [1.54, 1.807) is 18.2 Å². The average molecular weight is 354 g/mol. The van der Waals surface area contributed by atoms with Crippen LogP contribution in [-0.4, -0.2) is 42.7 Å². The second kappa shape index (κ2) is 8.85. The molecule has 6 heteroatoms. The van der Waals surface area contributed by atoms with E-state index in [0.29, 0.717) is 23.5 Å². The maximum absolute atomic E-state index is 11.9. The Bertz CT molecular complexity index is 719. The van der Waals surface area contributed by atoms with Crippen molar-refractivity contribution in [2.75, 3.05) is 26.2 Å². The molecule has 0 amide bonds. The van der Waals surface area contributed by atoms with Crippen LogP contribution in [0, 0.1) is 0 Å². The van der Waals surface area contributed by atoms with Gasteiger partial charge in [-0.2, -0.15) is 0 Å². The quantitative estimate of drug-likeness (QED) is 0.672. The Morgan fingerprint density at radius 1 is 1.08 bits per heavy atom. The lowest BCUT2D eigenvalue weighted by atomic mass is 10.1. The lowest BCUT2D eigenvalue weighted by Crippen LogP contribution is -2.28. The number of hydrogen-bond donors (Lipinski definition) is 0. The molecular formula is C18H24ClNO4. The van der Waals surface area contributed by atoms with Crippen molar-refractivity contribution in [3.63, 3.8) is 0 Å². The SMILES string of the molecule is CCN(CC)CCOc1cc2oc(C(C)=O)cc2cc1C(C)=O.Cl. The van der Waals surface area contributed by atoms with Crippen LogP contribution in [0.3, 0.4) is 0 Å². The number of carbonyl (C=O) groups excluding carboxylic acids is 2. The molecule has 1 heterocycles. The molecule has 24 heavy (non-hydrogen) atoms. The van der Waals surface area contributed by atoms with E-state index in [1.807, 2.05) is 0 Å². The first-order valence-electron chi connectivity index (χ1n) is 7.90. The van der Waals surface area contributed by atoms with Gasteiger partial charge in [-0.3, -0.25) is 9.59 Å². The summed E-state index contributed by atoms with van der Waals surface area (Å²) in [5, 5.41) is 0.733. The summed E-state index contributed by atoms with van der Waals surface area (Å²) in [6, 6.07) is 5.07. The molecule has 0 aliphatic rings. The molecule has 2 rings (SSSR count). The fourth-order valence-corrected chi connectivity index (χ4v) is 2.46. The molecule has 0 aliphatic heterocycles. The van der Waals surface area contributed by atoms with E-state index in [1.165, 1.54) is 13.8 Å². The summed E-state index contributed by atoms with van der Waals surface area (Å²) >= 11 is 0. The van der Waals surface area contributed by atoms with Crippen molar-refractivity contribution in [2.45, 2.75) is 27.7 Å². The molecular weight excluding hydrogens is 330 g/mol. The molecule has 2 aromatic rings. The van der Waals surface area contributed by atoms with E-state index in [9.17, 15) is 9.59 Å². The molecule has 1 aromatic heterocycles. The van der Waals surface area contributed by atoms with Crippen LogP contribution in [0.25, 0.3) is 11.0 Å². The van der Waals surface area contributed by atoms with Gasteiger partial charge in [-0.1, -0.05) is 13.8 Å². The van der Waals surface area contributed by atoms with E-state index < -0.39 is 0 Å². The topological polar surface area (TPSA) is 59.8 Å². The van der Waals surface area contributed by atoms with Gasteiger partial charge >= 0.3 is 0 Å². The summed E-state index contributed by atoms with van der Waals surface area (Å²) < 4.78 is 11.3. The Kier molecular flexibility index (Phi) is 7.45. The van der Waals surface area contributed by atoms with Crippen molar-refractivity contribution in [1.82, 2.24) is 4.90 Å². The highest BCUT2D eigenvalue weighted by molar-refractivity contribution is 6.02. The Labute approximate surface area is 148 Å². The highest BCUT2D eigenvalue weighted by Gasteiger charge is 2.15. The number of fused-ring (bicyclic) bond motifs is 1. The number of carbonyl (C=O) groups is 2. The fourth-order valence-electron chi connectivity index (χ4n) is 2.46. The minimum Gasteiger partial charge on any atom is -0.491 e. The third-order valence-corrected chi connectivity index (χ3v) is 3.90. The number of ketones is 2. The minimum absolute atomic E-state index is 0. The first kappa shape index (κ1) is 20.2. The highest BCUT2D eigenvalue weighted by atomic mass is 35.5. The molecule has 0 saturated carbocycles. The number of halogens is 1. The van der Waals surface area contributed by atoms with Crippen LogP contribution in [-0.2, 0) is 0 Å².